The van der Waals surface area contributed by atoms with Gasteiger partial charge >= 0.3 is 23.9 Å². The van der Waals surface area contributed by atoms with Crippen molar-refractivity contribution in [2.45, 2.75) is 189 Å². The van der Waals surface area contributed by atoms with E-state index in [4.69, 9.17) is 13.7 Å². The van der Waals surface area contributed by atoms with Crippen LogP contribution in [0.5, 0.6) is 0 Å². The van der Waals surface area contributed by atoms with Gasteiger partial charge in [-0.1, -0.05) is 83.4 Å². The maximum atomic E-state index is 12.7. The number of carbonyl (C=O) groups excluding carboxylic acids is 4. The second-order valence-electron chi connectivity index (χ2n) is 19.5. The number of carbonyl (C=O) groups is 4. The van der Waals surface area contributed by atoms with Gasteiger partial charge in [-0.15, -0.1) is 0 Å². The van der Waals surface area contributed by atoms with Gasteiger partial charge in [0.15, 0.2) is 0 Å². The summed E-state index contributed by atoms with van der Waals surface area (Å²) in [6, 6.07) is 0. The van der Waals surface area contributed by atoms with E-state index >= 15 is 0 Å². The molecule has 8 unspecified atom stereocenters. The first-order chi connectivity index (χ1) is 29.0. The maximum absolute atomic E-state index is 12.7. The van der Waals surface area contributed by atoms with Crippen LogP contribution in [-0.2, 0) is 37.6 Å². The van der Waals surface area contributed by atoms with E-state index in [1.54, 1.807) is 6.26 Å². The number of hydrogen-bond acceptors (Lipinski definition) is 10. The molecule has 1 aliphatic heterocycles. The highest BCUT2D eigenvalue weighted by atomic mass is 32.2. The van der Waals surface area contributed by atoms with Gasteiger partial charge in [-0.2, -0.15) is 0 Å². The van der Waals surface area contributed by atoms with Crippen molar-refractivity contribution in [1.29, 1.82) is 0 Å². The van der Waals surface area contributed by atoms with E-state index in [1.165, 1.54) is 63.2 Å². The van der Waals surface area contributed by atoms with E-state index in [0.717, 1.165) is 57.0 Å². The van der Waals surface area contributed by atoms with Crippen molar-refractivity contribution in [2.24, 2.45) is 46.3 Å². The van der Waals surface area contributed by atoms with Crippen molar-refractivity contribution in [3.05, 3.63) is 47.6 Å². The van der Waals surface area contributed by atoms with Crippen LogP contribution >= 0.6 is 12.0 Å². The quantitative estimate of drug-likeness (QED) is 0.0653. The summed E-state index contributed by atoms with van der Waals surface area (Å²) in [5.41, 5.74) is 2.39. The van der Waals surface area contributed by atoms with Crippen molar-refractivity contribution in [1.82, 2.24) is 0 Å². The molecule has 61 heavy (non-hydrogen) atoms. The van der Waals surface area contributed by atoms with E-state index in [-0.39, 0.29) is 47.7 Å². The number of unbranched alkanes of at least 4 members (excludes halogenated alkanes) is 1. The summed E-state index contributed by atoms with van der Waals surface area (Å²) < 4.78 is 20.8. The van der Waals surface area contributed by atoms with Gasteiger partial charge in [0.1, 0.15) is 12.2 Å². The molecule has 0 amide bonds. The van der Waals surface area contributed by atoms with Crippen molar-refractivity contribution in [3.63, 3.8) is 0 Å². The Morgan fingerprint density at radius 1 is 0.869 bits per heavy atom. The number of allylic oxidation sites excluding steroid dienone is 8. The van der Waals surface area contributed by atoms with Crippen LogP contribution < -0.4 is 0 Å². The van der Waals surface area contributed by atoms with Crippen LogP contribution in [0.25, 0.3) is 0 Å². The van der Waals surface area contributed by atoms with E-state index < -0.39 is 18.2 Å². The van der Waals surface area contributed by atoms with Crippen LogP contribution in [0.4, 0.5) is 0 Å². The van der Waals surface area contributed by atoms with Gasteiger partial charge in [0.25, 0.3) is 0 Å². The van der Waals surface area contributed by atoms with Crippen LogP contribution in [0.2, 0.25) is 0 Å². The summed E-state index contributed by atoms with van der Waals surface area (Å²) >= 11 is 1.10. The van der Waals surface area contributed by atoms with E-state index in [9.17, 15) is 24.3 Å². The number of hydrogen-bond donors (Lipinski definition) is 1. The zero-order chi connectivity index (χ0) is 45.2. The van der Waals surface area contributed by atoms with Gasteiger partial charge in [-0.3, -0.25) is 19.2 Å². The molecule has 1 fully saturated rings. The molecule has 5 aliphatic rings. The Balaban J connectivity index is 0.000000410. The van der Waals surface area contributed by atoms with Crippen LogP contribution in [0, 0.1) is 46.3 Å². The topological polar surface area (TPSA) is 125 Å². The lowest BCUT2D eigenvalue weighted by molar-refractivity contribution is -0.170. The van der Waals surface area contributed by atoms with Crippen molar-refractivity contribution in [3.8, 4) is 0 Å². The normalized spacial score (nSPS) is 27.5. The molecular formula is C51H82O9S. The van der Waals surface area contributed by atoms with Crippen molar-refractivity contribution >= 4 is 35.9 Å². The first kappa shape index (κ1) is 52.5. The fraction of sp³-hybridized carbons (Fsp3) is 0.765. The molecule has 0 aromatic heterocycles. The molecule has 9 atom stereocenters. The lowest BCUT2D eigenvalue weighted by Crippen LogP contribution is -2.37. The largest absolute Gasteiger partial charge is 0.469 e. The molecule has 9 nitrogen and oxygen atoms in total. The minimum atomic E-state index is -0.693. The molecule has 0 bridgehead atoms. The van der Waals surface area contributed by atoms with Gasteiger partial charge in [0, 0.05) is 12.7 Å². The van der Waals surface area contributed by atoms with Crippen molar-refractivity contribution in [2.75, 3.05) is 13.4 Å². The lowest BCUT2D eigenvalue weighted by Gasteiger charge is -2.38. The summed E-state index contributed by atoms with van der Waals surface area (Å²) in [6.07, 6.45) is 31.0. The minimum Gasteiger partial charge on any atom is -0.469 e. The molecule has 1 heterocycles. The SMILES string of the molecule is CC1C=CC2=CCCCC2C1CCCCC(O)CC(=O)OC1CC(=O)O[C@H](CCC2C(C)C=CC3=CCCCC32)C1.CCC(C)(C)C(=O)OSC.CCCC(C)(C)C(=O)OC. The van der Waals surface area contributed by atoms with E-state index in [0.29, 0.717) is 48.3 Å². The standard InChI is InChI=1S/C36H52O5.C8H16O2.C7H14O2S/c1-24-15-17-26-9-3-6-13-33(26)31(24)12-8-5-11-28(37)21-35(38)41-30-22-29(40-36(39)23-30)19-20-32-25(2)16-18-27-10-4-7-14-34(27)32;1-5-6-8(2,3)7(9)10-4;1-5-7(2,3)6(8)9-10-4/h9-10,15-18,24-25,28-34,37H,3-8,11-14,19-23H2,1-2H3;5-6H2,1-4H3;5H2,1-4H3/t24?,25?,28?,29-,30?,31?,32?,33?,34?;;/m1../s1. The Morgan fingerprint density at radius 2 is 1.46 bits per heavy atom. The third-order valence-corrected chi connectivity index (χ3v) is 14.2. The summed E-state index contributed by atoms with van der Waals surface area (Å²) in [5.74, 6) is 2.76. The number of ether oxygens (including phenoxy) is 3. The molecule has 4 aliphatic carbocycles. The Kier molecular flexibility index (Phi) is 22.4. The number of methoxy groups -OCH3 is 1. The van der Waals surface area contributed by atoms with Crippen LogP contribution in [0.1, 0.15) is 171 Å². The fourth-order valence-electron chi connectivity index (χ4n) is 9.74. The van der Waals surface area contributed by atoms with Gasteiger partial charge in [-0.05, 0) is 151 Å². The predicted molar refractivity (Wildman–Crippen MR) is 246 cm³/mol. The summed E-state index contributed by atoms with van der Waals surface area (Å²) in [4.78, 5) is 47.1. The van der Waals surface area contributed by atoms with Gasteiger partial charge in [0.05, 0.1) is 48.9 Å². The van der Waals surface area contributed by atoms with E-state index in [2.05, 4.69) is 62.0 Å². The molecular weight excluding hydrogens is 789 g/mol. The van der Waals surface area contributed by atoms with Crippen LogP contribution in [0.3, 0.4) is 0 Å². The first-order valence-electron chi connectivity index (χ1n) is 23.6. The number of rotatable bonds is 17. The van der Waals surface area contributed by atoms with Crippen molar-refractivity contribution < 1.29 is 42.7 Å². The fourth-order valence-corrected chi connectivity index (χ4v) is 10.1. The van der Waals surface area contributed by atoms with Crippen LogP contribution in [0.15, 0.2) is 47.6 Å². The first-order valence-corrected chi connectivity index (χ1v) is 24.8. The number of fused-ring (bicyclic) bond motifs is 2. The third-order valence-electron chi connectivity index (χ3n) is 13.9. The van der Waals surface area contributed by atoms with Gasteiger partial charge in [0.2, 0.25) is 0 Å². The Morgan fingerprint density at radius 3 is 2.00 bits per heavy atom. The molecule has 0 saturated carbocycles. The third kappa shape index (κ3) is 17.0. The van der Waals surface area contributed by atoms with E-state index in [1.807, 2.05) is 34.6 Å². The number of esters is 3. The predicted octanol–water partition coefficient (Wildman–Crippen LogP) is 12.0. The van der Waals surface area contributed by atoms with Crippen LogP contribution in [-0.4, -0.2) is 60.7 Å². The second kappa shape index (κ2) is 26.1. The smallest absolute Gasteiger partial charge is 0.323 e. The van der Waals surface area contributed by atoms with Gasteiger partial charge in [-0.25, -0.2) is 0 Å². The summed E-state index contributed by atoms with van der Waals surface area (Å²) in [7, 11) is 1.43. The molecule has 0 radical (unpaired) electrons. The lowest BCUT2D eigenvalue weighted by atomic mass is 9.68. The Hall–Kier alpha value is -2.85. The molecule has 1 saturated heterocycles. The molecule has 346 valence electrons. The molecule has 0 aromatic rings. The highest BCUT2D eigenvalue weighted by Gasteiger charge is 2.36. The molecule has 0 aromatic carbocycles. The maximum Gasteiger partial charge on any atom is 0.323 e. The Labute approximate surface area is 373 Å². The molecule has 1 N–H and O–H groups in total. The highest BCUT2D eigenvalue weighted by Crippen LogP contribution is 2.44. The minimum absolute atomic E-state index is 0.00297. The zero-order valence-electron chi connectivity index (χ0n) is 39.5. The average Bonchev–Trinajstić information content (AvgIpc) is 3.22. The second-order valence-corrected chi connectivity index (χ2v) is 20.0. The van der Waals surface area contributed by atoms with Gasteiger partial charge < -0.3 is 23.5 Å². The summed E-state index contributed by atoms with van der Waals surface area (Å²) in [6.45, 7) is 16.2. The number of aliphatic hydroxyl groups is 1. The Bertz CT molecular complexity index is 1520. The molecule has 0 spiro atoms. The molecule has 10 heteroatoms. The number of aliphatic hydroxyl groups excluding tert-OH is 1. The highest BCUT2D eigenvalue weighted by molar-refractivity contribution is 7.94. The molecule has 5 rings (SSSR count). The zero-order valence-corrected chi connectivity index (χ0v) is 40.3. The summed E-state index contributed by atoms with van der Waals surface area (Å²) in [5, 5.41) is 10.6. The number of cyclic esters (lactones) is 1. The average molecular weight is 871 g/mol. The monoisotopic (exact) mass is 871 g/mol.